The molecule has 1 amide bonds. The standard InChI is InChI=1S/C31H32N2O10S/c1-17(2)28(35)42-25-18(3)41-30(37)21(16-40-29(36)20(25)15-19-9-6-5-7-10-19)33-27(34)24-26(22(39-4)12-13-32-24)43-31(38)23-11-8-14-44-23/h5-14,17-18,20-21,25H,15-16H2,1-4H3,(H,33,34). The second kappa shape index (κ2) is 14.6. The SMILES string of the molecule is COc1ccnc(C(=O)NC2COC(=O)C(Cc3ccccc3)C(OC(=O)C(C)C)C(C)OC2=O)c1OC(=O)c1cccs1. The first-order valence-electron chi connectivity index (χ1n) is 13.8. The minimum absolute atomic E-state index is 0.0470. The Morgan fingerprint density at radius 1 is 1.07 bits per heavy atom. The minimum Gasteiger partial charge on any atom is -0.493 e. The first kappa shape index (κ1) is 32.1. The highest BCUT2D eigenvalue weighted by Crippen LogP contribution is 2.31. The van der Waals surface area contributed by atoms with Crippen molar-refractivity contribution < 1.29 is 47.7 Å². The summed E-state index contributed by atoms with van der Waals surface area (Å²) in [6.07, 6.45) is -0.844. The summed E-state index contributed by atoms with van der Waals surface area (Å²) in [7, 11) is 1.32. The summed E-state index contributed by atoms with van der Waals surface area (Å²) in [4.78, 5) is 69.7. The normalized spacial score (nSPS) is 20.3. The van der Waals surface area contributed by atoms with E-state index in [1.54, 1.807) is 43.5 Å². The molecule has 4 atom stereocenters. The third-order valence-corrected chi connectivity index (χ3v) is 7.54. The van der Waals surface area contributed by atoms with Crippen LogP contribution in [0.1, 0.15) is 46.5 Å². The zero-order valence-corrected chi connectivity index (χ0v) is 25.3. The lowest BCUT2D eigenvalue weighted by atomic mass is 9.91. The average Bonchev–Trinajstić information content (AvgIpc) is 3.56. The van der Waals surface area contributed by atoms with Crippen molar-refractivity contribution in [1.29, 1.82) is 0 Å². The Hall–Kier alpha value is -4.78. The van der Waals surface area contributed by atoms with Gasteiger partial charge in [-0.1, -0.05) is 50.2 Å². The summed E-state index contributed by atoms with van der Waals surface area (Å²) in [5.41, 5.74) is 0.420. The fraction of sp³-hybridized carbons (Fsp3) is 0.355. The molecule has 0 radical (unpaired) electrons. The number of hydrogen-bond donors (Lipinski definition) is 1. The molecule has 232 valence electrons. The number of rotatable bonds is 9. The molecule has 2 aromatic heterocycles. The Balaban J connectivity index is 1.59. The average molecular weight is 625 g/mol. The Morgan fingerprint density at radius 3 is 2.48 bits per heavy atom. The predicted octanol–water partition coefficient (Wildman–Crippen LogP) is 3.38. The summed E-state index contributed by atoms with van der Waals surface area (Å²) in [5, 5.41) is 4.14. The quantitative estimate of drug-likeness (QED) is 0.275. The third kappa shape index (κ3) is 7.78. The lowest BCUT2D eigenvalue weighted by molar-refractivity contribution is -0.176. The zero-order chi connectivity index (χ0) is 31.8. The molecule has 1 saturated heterocycles. The van der Waals surface area contributed by atoms with E-state index in [4.69, 9.17) is 23.7 Å². The molecule has 13 heteroatoms. The summed E-state index contributed by atoms with van der Waals surface area (Å²) >= 11 is 1.14. The van der Waals surface area contributed by atoms with E-state index < -0.39 is 66.5 Å². The molecule has 0 saturated carbocycles. The van der Waals surface area contributed by atoms with Crippen LogP contribution in [0, 0.1) is 11.8 Å². The molecule has 1 aromatic carbocycles. The molecule has 1 N–H and O–H groups in total. The second-order valence-corrected chi connectivity index (χ2v) is 11.2. The van der Waals surface area contributed by atoms with Gasteiger partial charge < -0.3 is 29.0 Å². The Bertz CT molecular complexity index is 1490. The molecular formula is C31H32N2O10S. The Labute approximate surface area is 257 Å². The number of hydrogen-bond acceptors (Lipinski definition) is 12. The van der Waals surface area contributed by atoms with Gasteiger partial charge in [0, 0.05) is 12.3 Å². The van der Waals surface area contributed by atoms with Gasteiger partial charge in [-0.2, -0.15) is 0 Å². The number of carbonyl (C=O) groups excluding carboxylic acids is 5. The summed E-state index contributed by atoms with van der Waals surface area (Å²) in [6.45, 7) is 4.20. The van der Waals surface area contributed by atoms with Crippen molar-refractivity contribution in [3.05, 3.63) is 76.2 Å². The first-order chi connectivity index (χ1) is 21.1. The molecular weight excluding hydrogens is 592 g/mol. The highest BCUT2D eigenvalue weighted by molar-refractivity contribution is 7.12. The van der Waals surface area contributed by atoms with Crippen molar-refractivity contribution in [1.82, 2.24) is 10.3 Å². The predicted molar refractivity (Wildman–Crippen MR) is 156 cm³/mol. The molecule has 1 fully saturated rings. The van der Waals surface area contributed by atoms with E-state index >= 15 is 0 Å². The van der Waals surface area contributed by atoms with Gasteiger partial charge in [0.05, 0.1) is 13.0 Å². The number of ether oxygens (including phenoxy) is 5. The smallest absolute Gasteiger partial charge is 0.353 e. The number of thiophene rings is 1. The van der Waals surface area contributed by atoms with E-state index in [2.05, 4.69) is 10.3 Å². The van der Waals surface area contributed by atoms with Gasteiger partial charge in [-0.05, 0) is 30.4 Å². The van der Waals surface area contributed by atoms with Crippen molar-refractivity contribution in [2.24, 2.45) is 11.8 Å². The molecule has 0 bridgehead atoms. The number of esters is 4. The van der Waals surface area contributed by atoms with Gasteiger partial charge in [0.1, 0.15) is 23.5 Å². The maximum atomic E-state index is 13.4. The second-order valence-electron chi connectivity index (χ2n) is 10.2. The van der Waals surface area contributed by atoms with Crippen LogP contribution in [0.2, 0.25) is 0 Å². The highest BCUT2D eigenvalue weighted by Gasteiger charge is 2.42. The number of aromatic nitrogens is 1. The molecule has 1 aliphatic rings. The van der Waals surface area contributed by atoms with Gasteiger partial charge in [-0.25, -0.2) is 14.6 Å². The van der Waals surface area contributed by atoms with E-state index in [1.807, 2.05) is 18.2 Å². The lowest BCUT2D eigenvalue weighted by Crippen LogP contribution is -2.47. The van der Waals surface area contributed by atoms with Crippen molar-refractivity contribution >= 4 is 41.1 Å². The summed E-state index contributed by atoms with van der Waals surface area (Å²) in [5.74, 6) is -5.67. The molecule has 3 aromatic rings. The molecule has 0 aliphatic carbocycles. The van der Waals surface area contributed by atoms with Gasteiger partial charge >= 0.3 is 23.9 Å². The monoisotopic (exact) mass is 624 g/mol. The van der Waals surface area contributed by atoms with Crippen LogP contribution in [-0.2, 0) is 35.0 Å². The number of carbonyl (C=O) groups is 5. The van der Waals surface area contributed by atoms with Crippen LogP contribution in [0.25, 0.3) is 0 Å². The van der Waals surface area contributed by atoms with Gasteiger partial charge in [0.15, 0.2) is 23.6 Å². The Morgan fingerprint density at radius 2 is 1.82 bits per heavy atom. The van der Waals surface area contributed by atoms with Gasteiger partial charge in [0.2, 0.25) is 5.75 Å². The number of nitrogens with zero attached hydrogens (tertiary/aromatic N) is 1. The number of pyridine rings is 1. The fourth-order valence-corrected chi connectivity index (χ4v) is 4.97. The number of cyclic esters (lactones) is 2. The number of amides is 1. The van der Waals surface area contributed by atoms with Crippen LogP contribution < -0.4 is 14.8 Å². The zero-order valence-electron chi connectivity index (χ0n) is 24.5. The molecule has 0 spiro atoms. The maximum absolute atomic E-state index is 13.4. The largest absolute Gasteiger partial charge is 0.493 e. The molecule has 3 heterocycles. The van der Waals surface area contributed by atoms with Crippen molar-refractivity contribution in [3.8, 4) is 11.5 Å². The van der Waals surface area contributed by atoms with Crippen molar-refractivity contribution in [3.63, 3.8) is 0 Å². The fourth-order valence-electron chi connectivity index (χ4n) is 4.37. The third-order valence-electron chi connectivity index (χ3n) is 6.69. The van der Waals surface area contributed by atoms with Crippen LogP contribution in [0.15, 0.2) is 60.1 Å². The number of methoxy groups -OCH3 is 1. The number of benzene rings is 1. The van der Waals surface area contributed by atoms with Crippen LogP contribution in [0.3, 0.4) is 0 Å². The van der Waals surface area contributed by atoms with Crippen LogP contribution in [-0.4, -0.2) is 66.7 Å². The Kier molecular flexibility index (Phi) is 10.7. The molecule has 1 aliphatic heterocycles. The summed E-state index contributed by atoms with van der Waals surface area (Å²) in [6, 6.07) is 12.2. The molecule has 12 nitrogen and oxygen atoms in total. The topological polar surface area (TPSA) is 156 Å². The van der Waals surface area contributed by atoms with E-state index in [-0.39, 0.29) is 28.5 Å². The van der Waals surface area contributed by atoms with E-state index in [9.17, 15) is 24.0 Å². The van der Waals surface area contributed by atoms with Crippen molar-refractivity contribution in [2.45, 2.75) is 45.4 Å². The van der Waals surface area contributed by atoms with Gasteiger partial charge in [0.25, 0.3) is 5.91 Å². The summed E-state index contributed by atoms with van der Waals surface area (Å²) < 4.78 is 27.5. The van der Waals surface area contributed by atoms with Crippen molar-refractivity contribution in [2.75, 3.05) is 13.7 Å². The number of nitrogens with one attached hydrogen (secondary N) is 1. The molecule has 44 heavy (non-hydrogen) atoms. The molecule has 4 unspecified atom stereocenters. The first-order valence-corrected chi connectivity index (χ1v) is 14.7. The van der Waals surface area contributed by atoms with E-state index in [0.717, 1.165) is 16.9 Å². The van der Waals surface area contributed by atoms with Crippen LogP contribution in [0.4, 0.5) is 0 Å². The van der Waals surface area contributed by atoms with Gasteiger partial charge in [-0.3, -0.25) is 14.4 Å². The van der Waals surface area contributed by atoms with Gasteiger partial charge in [-0.15, -0.1) is 11.3 Å². The van der Waals surface area contributed by atoms with Crippen LogP contribution in [0.5, 0.6) is 11.5 Å². The minimum atomic E-state index is -1.47. The lowest BCUT2D eigenvalue weighted by Gasteiger charge is -2.29. The molecule has 4 rings (SSSR count). The highest BCUT2D eigenvalue weighted by atomic mass is 32.1. The van der Waals surface area contributed by atoms with E-state index in [0.29, 0.717) is 0 Å². The van der Waals surface area contributed by atoms with E-state index in [1.165, 1.54) is 26.3 Å². The van der Waals surface area contributed by atoms with Crippen LogP contribution >= 0.6 is 11.3 Å². The maximum Gasteiger partial charge on any atom is 0.353 e.